The minimum atomic E-state index is -0.464. The van der Waals surface area contributed by atoms with Gasteiger partial charge in [0.2, 0.25) is 0 Å². The number of nitrogens with one attached hydrogen (secondary N) is 1. The molecule has 3 aromatic carbocycles. The van der Waals surface area contributed by atoms with Gasteiger partial charge in [-0.2, -0.15) is 0 Å². The molecule has 0 bridgehead atoms. The molecule has 3 heterocycles. The smallest absolute Gasteiger partial charge is 0.253 e. The van der Waals surface area contributed by atoms with Crippen molar-refractivity contribution < 1.29 is 4.74 Å². The van der Waals surface area contributed by atoms with Gasteiger partial charge in [-0.25, -0.2) is 4.68 Å². The number of rotatable bonds is 10. The van der Waals surface area contributed by atoms with Crippen molar-refractivity contribution in [2.45, 2.75) is 51.4 Å². The van der Waals surface area contributed by atoms with Crippen LogP contribution in [0, 0.1) is 6.92 Å². The lowest BCUT2D eigenvalue weighted by molar-refractivity contribution is 0.0906. The molecule has 6 rings (SSSR count). The second kappa shape index (κ2) is 11.9. The first kappa shape index (κ1) is 26.1. The third-order valence-electron chi connectivity index (χ3n) is 7.74. The van der Waals surface area contributed by atoms with Crippen molar-refractivity contribution in [3.63, 3.8) is 0 Å². The molecule has 40 heavy (non-hydrogen) atoms. The monoisotopic (exact) mass is 534 g/mol. The van der Waals surface area contributed by atoms with Crippen molar-refractivity contribution in [1.29, 1.82) is 0 Å². The predicted octanol–water partition coefficient (Wildman–Crippen LogP) is 4.84. The maximum absolute atomic E-state index is 13.8. The number of aromatic nitrogens is 5. The Morgan fingerprint density at radius 1 is 1.02 bits per heavy atom. The van der Waals surface area contributed by atoms with E-state index >= 15 is 0 Å². The van der Waals surface area contributed by atoms with Gasteiger partial charge in [0.1, 0.15) is 6.04 Å². The molecule has 2 atom stereocenters. The van der Waals surface area contributed by atoms with E-state index in [-0.39, 0.29) is 11.7 Å². The highest BCUT2D eigenvalue weighted by atomic mass is 16.5. The Morgan fingerprint density at radius 2 is 1.80 bits per heavy atom. The molecule has 2 aromatic heterocycles. The number of hydrogen-bond donors (Lipinski definition) is 1. The number of ether oxygens (including phenoxy) is 1. The van der Waals surface area contributed by atoms with Gasteiger partial charge in [-0.1, -0.05) is 78.9 Å². The van der Waals surface area contributed by atoms with Gasteiger partial charge < -0.3 is 9.72 Å². The van der Waals surface area contributed by atoms with E-state index in [2.05, 4.69) is 61.8 Å². The van der Waals surface area contributed by atoms with Gasteiger partial charge in [-0.3, -0.25) is 9.69 Å². The Morgan fingerprint density at radius 3 is 2.55 bits per heavy atom. The molecule has 1 aliphatic heterocycles. The number of aryl methyl sites for hydroxylation is 1. The fraction of sp³-hybridized carbons (Fsp3) is 0.312. The van der Waals surface area contributed by atoms with Crippen LogP contribution in [0.1, 0.15) is 47.0 Å². The predicted molar refractivity (Wildman–Crippen MR) is 155 cm³/mol. The quantitative estimate of drug-likeness (QED) is 0.276. The number of fused-ring (bicyclic) bond motifs is 1. The van der Waals surface area contributed by atoms with Crippen LogP contribution in [0.5, 0.6) is 0 Å². The molecule has 1 fully saturated rings. The molecular formula is C32H34N6O2. The molecule has 0 amide bonds. The van der Waals surface area contributed by atoms with Crippen LogP contribution < -0.4 is 5.56 Å². The molecule has 5 aromatic rings. The highest BCUT2D eigenvalue weighted by Gasteiger charge is 2.32. The van der Waals surface area contributed by atoms with Crippen LogP contribution >= 0.6 is 0 Å². The number of H-pyrrole nitrogens is 1. The number of para-hydroxylation sites is 1. The van der Waals surface area contributed by atoms with E-state index in [1.165, 1.54) is 5.56 Å². The Labute approximate surface area is 233 Å². The fourth-order valence-electron chi connectivity index (χ4n) is 5.66. The number of hydrogen-bond acceptors (Lipinski definition) is 6. The van der Waals surface area contributed by atoms with Crippen molar-refractivity contribution in [1.82, 2.24) is 30.1 Å². The lowest BCUT2D eigenvalue weighted by Crippen LogP contribution is -2.37. The topological polar surface area (TPSA) is 88.9 Å². The number of nitrogens with zero attached hydrogens (tertiary/aromatic N) is 5. The zero-order valence-corrected chi connectivity index (χ0v) is 22.7. The summed E-state index contributed by atoms with van der Waals surface area (Å²) >= 11 is 0. The highest BCUT2D eigenvalue weighted by Crippen LogP contribution is 2.30. The number of benzene rings is 3. The van der Waals surface area contributed by atoms with Crippen LogP contribution in [0.3, 0.4) is 0 Å². The fourth-order valence-corrected chi connectivity index (χ4v) is 5.66. The molecule has 1 saturated heterocycles. The first-order valence-electron chi connectivity index (χ1n) is 14.0. The first-order valence-corrected chi connectivity index (χ1v) is 14.0. The Hall–Kier alpha value is -4.14. The van der Waals surface area contributed by atoms with E-state index in [1.54, 1.807) is 0 Å². The minimum Gasteiger partial charge on any atom is -0.376 e. The Balaban J connectivity index is 1.47. The normalized spacial score (nSPS) is 16.1. The summed E-state index contributed by atoms with van der Waals surface area (Å²) in [6, 6.07) is 28.4. The van der Waals surface area contributed by atoms with E-state index in [9.17, 15) is 4.79 Å². The van der Waals surface area contributed by atoms with Crippen LogP contribution in [0.2, 0.25) is 0 Å². The van der Waals surface area contributed by atoms with Gasteiger partial charge >= 0.3 is 0 Å². The second-order valence-electron chi connectivity index (χ2n) is 10.5. The van der Waals surface area contributed by atoms with Gasteiger partial charge in [-0.15, -0.1) is 5.10 Å². The van der Waals surface area contributed by atoms with Crippen LogP contribution in [0.15, 0.2) is 89.7 Å². The molecule has 1 N–H and O–H groups in total. The molecule has 0 spiro atoms. The van der Waals surface area contributed by atoms with Crippen LogP contribution in [0.25, 0.3) is 10.9 Å². The highest BCUT2D eigenvalue weighted by molar-refractivity contribution is 5.82. The summed E-state index contributed by atoms with van der Waals surface area (Å²) < 4.78 is 7.76. The third kappa shape index (κ3) is 5.73. The van der Waals surface area contributed by atoms with E-state index in [4.69, 9.17) is 4.74 Å². The van der Waals surface area contributed by atoms with Crippen LogP contribution in [0.4, 0.5) is 0 Å². The lowest BCUT2D eigenvalue weighted by Gasteiger charge is -2.31. The van der Waals surface area contributed by atoms with E-state index < -0.39 is 6.04 Å². The van der Waals surface area contributed by atoms with Gasteiger partial charge in [0.15, 0.2) is 5.82 Å². The van der Waals surface area contributed by atoms with Crippen molar-refractivity contribution >= 4 is 10.9 Å². The number of tetrazole rings is 1. The average Bonchev–Trinajstić information content (AvgIpc) is 3.67. The maximum Gasteiger partial charge on any atom is 0.253 e. The summed E-state index contributed by atoms with van der Waals surface area (Å²) in [5, 5.41) is 14.0. The molecule has 0 aliphatic carbocycles. The second-order valence-corrected chi connectivity index (χ2v) is 10.5. The minimum absolute atomic E-state index is 0.0623. The Bertz CT molecular complexity index is 1610. The largest absolute Gasteiger partial charge is 0.376 e. The van der Waals surface area contributed by atoms with Crippen LogP contribution in [-0.4, -0.2) is 49.3 Å². The van der Waals surface area contributed by atoms with Crippen molar-refractivity contribution in [3.8, 4) is 0 Å². The number of aromatic amines is 1. The molecule has 1 aliphatic rings. The molecule has 0 saturated carbocycles. The van der Waals surface area contributed by atoms with E-state index in [0.717, 1.165) is 47.9 Å². The lowest BCUT2D eigenvalue weighted by atomic mass is 10.0. The van der Waals surface area contributed by atoms with E-state index in [1.807, 2.05) is 60.1 Å². The molecule has 8 nitrogen and oxygen atoms in total. The number of pyridine rings is 1. The molecular weight excluding hydrogens is 500 g/mol. The summed E-state index contributed by atoms with van der Waals surface area (Å²) in [4.78, 5) is 19.3. The van der Waals surface area contributed by atoms with Crippen LogP contribution in [-0.2, 0) is 24.2 Å². The zero-order chi connectivity index (χ0) is 27.3. The van der Waals surface area contributed by atoms with Crippen molar-refractivity contribution in [2.75, 3.05) is 13.2 Å². The van der Waals surface area contributed by atoms with Gasteiger partial charge in [0.25, 0.3) is 5.56 Å². The van der Waals surface area contributed by atoms with Gasteiger partial charge in [0.05, 0.1) is 18.2 Å². The summed E-state index contributed by atoms with van der Waals surface area (Å²) in [6.45, 7) is 4.67. The first-order chi connectivity index (χ1) is 19.7. The summed E-state index contributed by atoms with van der Waals surface area (Å²) in [6.07, 6.45) is 2.89. The molecule has 204 valence electrons. The van der Waals surface area contributed by atoms with Crippen molar-refractivity contribution in [3.05, 3.63) is 123 Å². The summed E-state index contributed by atoms with van der Waals surface area (Å²) in [7, 11) is 0. The zero-order valence-electron chi connectivity index (χ0n) is 22.7. The average molecular weight is 535 g/mol. The summed E-state index contributed by atoms with van der Waals surface area (Å²) in [5.74, 6) is 0.650. The van der Waals surface area contributed by atoms with Crippen molar-refractivity contribution in [2.24, 2.45) is 0 Å². The standard InChI is InChI=1S/C32H34N6O2/c1-23-10-8-15-26-20-28(32(39)33-29(23)26)30(31-34-35-36-38(31)22-27-16-9-19-40-27)37(21-25-13-6-3-7-14-25)18-17-24-11-4-2-5-12-24/h2-8,10-15,20,27,30H,9,16-19,21-22H2,1H3,(H,33,39)/t27-,30+/m1/s1. The van der Waals surface area contributed by atoms with Gasteiger partial charge in [0, 0.05) is 25.3 Å². The third-order valence-corrected chi connectivity index (χ3v) is 7.74. The van der Waals surface area contributed by atoms with E-state index in [0.29, 0.717) is 31.0 Å². The Kier molecular flexibility index (Phi) is 7.79. The summed E-state index contributed by atoms with van der Waals surface area (Å²) in [5.41, 5.74) is 4.79. The van der Waals surface area contributed by atoms with Gasteiger partial charge in [-0.05, 0) is 64.8 Å². The molecule has 8 heteroatoms. The molecule has 0 radical (unpaired) electrons. The maximum atomic E-state index is 13.8. The molecule has 0 unspecified atom stereocenters. The SMILES string of the molecule is Cc1cccc2cc([C@@H](c3nnnn3C[C@H]3CCCO3)N(CCc3ccccc3)Cc3ccccc3)c(=O)[nH]c12.